The van der Waals surface area contributed by atoms with Crippen molar-refractivity contribution in [1.29, 1.82) is 0 Å². The molecule has 11 nitrogen and oxygen atoms in total. The van der Waals surface area contributed by atoms with Crippen LogP contribution in [0.2, 0.25) is 0 Å². The number of amides is 3. The lowest BCUT2D eigenvalue weighted by Crippen LogP contribution is -2.58. The van der Waals surface area contributed by atoms with E-state index in [2.05, 4.69) is 16.0 Å². The number of hydrogen-bond acceptors (Lipinski definition) is 7. The summed E-state index contributed by atoms with van der Waals surface area (Å²) in [4.78, 5) is 49.5. The fourth-order valence-corrected chi connectivity index (χ4v) is 3.03. The van der Waals surface area contributed by atoms with Crippen molar-refractivity contribution in [2.75, 3.05) is 13.1 Å². The van der Waals surface area contributed by atoms with Crippen molar-refractivity contribution in [3.05, 3.63) is 0 Å². The van der Waals surface area contributed by atoms with Crippen molar-refractivity contribution in [3.8, 4) is 0 Å². The second-order valence-corrected chi connectivity index (χ2v) is 8.19. The highest BCUT2D eigenvalue weighted by Gasteiger charge is 2.32. The predicted molar refractivity (Wildman–Crippen MR) is 122 cm³/mol. The third-order valence-corrected chi connectivity index (χ3v) is 5.35. The maximum atomic E-state index is 13.0. The highest BCUT2D eigenvalue weighted by Crippen LogP contribution is 2.11. The molecule has 0 radical (unpaired) electrons. The van der Waals surface area contributed by atoms with Gasteiger partial charge in [0.2, 0.25) is 17.7 Å². The van der Waals surface area contributed by atoms with Gasteiger partial charge in [-0.3, -0.25) is 14.4 Å². The quantitative estimate of drug-likeness (QED) is 0.137. The lowest BCUT2D eigenvalue weighted by molar-refractivity contribution is -0.143. The van der Waals surface area contributed by atoms with Crippen LogP contribution >= 0.6 is 0 Å². The summed E-state index contributed by atoms with van der Waals surface area (Å²) in [5.41, 5.74) is 16.6. The SMILES string of the molecule is CCC(C)C(NC(=O)C(CCCCN)NC(=O)C(C)N)C(=O)NC(CCCCN)C(=O)O. The predicted octanol–water partition coefficient (Wildman–Crippen LogP) is -0.823. The largest absolute Gasteiger partial charge is 0.480 e. The number of rotatable bonds is 17. The van der Waals surface area contributed by atoms with Gasteiger partial charge in [-0.15, -0.1) is 0 Å². The molecule has 0 spiro atoms. The number of nitrogens with one attached hydrogen (secondary N) is 3. The van der Waals surface area contributed by atoms with Crippen molar-refractivity contribution in [2.45, 2.75) is 89.9 Å². The molecule has 32 heavy (non-hydrogen) atoms. The Bertz CT molecular complexity index is 601. The van der Waals surface area contributed by atoms with Crippen LogP contribution < -0.4 is 33.2 Å². The summed E-state index contributed by atoms with van der Waals surface area (Å²) < 4.78 is 0. The Kier molecular flexibility index (Phi) is 15.3. The number of nitrogens with two attached hydrogens (primary N) is 3. The standard InChI is InChI=1S/C21H42N6O5/c1-4-13(2)17(20(30)26-16(21(31)32)10-6-8-12-23)27-19(29)15(9-5-7-11-22)25-18(28)14(3)24/h13-17H,4-12,22-24H2,1-3H3,(H,25,28)(H,26,30)(H,27,29)(H,31,32). The number of unbranched alkanes of at least 4 members (excludes halogenated alkanes) is 2. The van der Waals surface area contributed by atoms with E-state index >= 15 is 0 Å². The third kappa shape index (κ3) is 11.4. The van der Waals surface area contributed by atoms with Crippen molar-refractivity contribution < 1.29 is 24.3 Å². The number of aliphatic carboxylic acids is 1. The Morgan fingerprint density at radius 2 is 1.28 bits per heavy atom. The molecule has 5 atom stereocenters. The number of carbonyl (C=O) groups excluding carboxylic acids is 3. The zero-order chi connectivity index (χ0) is 24.7. The van der Waals surface area contributed by atoms with Crippen LogP contribution in [-0.4, -0.2) is 66.1 Å². The first-order chi connectivity index (χ1) is 15.1. The lowest BCUT2D eigenvalue weighted by Gasteiger charge is -2.28. The number of carboxylic acid groups (broad SMARTS) is 1. The third-order valence-electron chi connectivity index (χ3n) is 5.35. The van der Waals surface area contributed by atoms with E-state index in [9.17, 15) is 24.3 Å². The molecule has 11 heteroatoms. The number of hydrogen-bond donors (Lipinski definition) is 7. The van der Waals surface area contributed by atoms with Crippen molar-refractivity contribution >= 4 is 23.7 Å². The zero-order valence-electron chi connectivity index (χ0n) is 19.6. The Morgan fingerprint density at radius 1 is 0.781 bits per heavy atom. The van der Waals surface area contributed by atoms with Gasteiger partial charge in [-0.1, -0.05) is 20.3 Å². The number of carboxylic acids is 1. The normalized spacial score (nSPS) is 15.7. The highest BCUT2D eigenvalue weighted by molar-refractivity contribution is 5.94. The molecule has 0 saturated carbocycles. The smallest absolute Gasteiger partial charge is 0.326 e. The van der Waals surface area contributed by atoms with E-state index in [1.165, 1.54) is 6.92 Å². The maximum Gasteiger partial charge on any atom is 0.326 e. The molecule has 0 aromatic carbocycles. The van der Waals surface area contributed by atoms with Gasteiger partial charge in [0, 0.05) is 0 Å². The summed E-state index contributed by atoms with van der Waals surface area (Å²) in [6.45, 7) is 6.05. The Hall–Kier alpha value is -2.24. The summed E-state index contributed by atoms with van der Waals surface area (Å²) in [7, 11) is 0. The number of carbonyl (C=O) groups is 4. The van der Waals surface area contributed by atoms with Gasteiger partial charge in [-0.25, -0.2) is 4.79 Å². The monoisotopic (exact) mass is 458 g/mol. The van der Waals surface area contributed by atoms with Crippen molar-refractivity contribution in [1.82, 2.24) is 16.0 Å². The molecule has 0 aliphatic carbocycles. The Labute approximate surface area is 190 Å². The van der Waals surface area contributed by atoms with Crippen molar-refractivity contribution in [3.63, 3.8) is 0 Å². The summed E-state index contributed by atoms with van der Waals surface area (Å²) in [5.74, 6) is -2.98. The van der Waals surface area contributed by atoms with Gasteiger partial charge in [0.25, 0.3) is 0 Å². The molecule has 186 valence electrons. The van der Waals surface area contributed by atoms with E-state index < -0.39 is 47.9 Å². The molecule has 0 aromatic rings. The lowest BCUT2D eigenvalue weighted by atomic mass is 9.96. The molecule has 0 heterocycles. The second-order valence-electron chi connectivity index (χ2n) is 8.19. The average Bonchev–Trinajstić information content (AvgIpc) is 2.75. The van der Waals surface area contributed by atoms with Gasteiger partial charge in [0.1, 0.15) is 18.1 Å². The molecular weight excluding hydrogens is 416 g/mol. The van der Waals surface area contributed by atoms with Gasteiger partial charge in [0.15, 0.2) is 0 Å². The van der Waals surface area contributed by atoms with Gasteiger partial charge in [-0.2, -0.15) is 0 Å². The molecule has 0 aliphatic heterocycles. The first kappa shape index (κ1) is 29.8. The highest BCUT2D eigenvalue weighted by atomic mass is 16.4. The molecule has 0 bridgehead atoms. The van der Waals surface area contributed by atoms with Crippen LogP contribution in [0, 0.1) is 5.92 Å². The van der Waals surface area contributed by atoms with Gasteiger partial charge < -0.3 is 38.3 Å². The van der Waals surface area contributed by atoms with E-state index in [0.29, 0.717) is 51.6 Å². The molecular formula is C21H42N6O5. The topological polar surface area (TPSA) is 203 Å². The molecule has 0 saturated heterocycles. The molecule has 0 fully saturated rings. The van der Waals surface area contributed by atoms with Crippen LogP contribution in [0.25, 0.3) is 0 Å². The van der Waals surface area contributed by atoms with Crippen LogP contribution in [0.15, 0.2) is 0 Å². The zero-order valence-corrected chi connectivity index (χ0v) is 19.6. The maximum absolute atomic E-state index is 13.0. The summed E-state index contributed by atoms with van der Waals surface area (Å²) in [5, 5.41) is 17.3. The molecule has 10 N–H and O–H groups in total. The minimum absolute atomic E-state index is 0.242. The van der Waals surface area contributed by atoms with Crippen LogP contribution in [0.5, 0.6) is 0 Å². The van der Waals surface area contributed by atoms with Gasteiger partial charge in [-0.05, 0) is 64.5 Å². The minimum atomic E-state index is -1.14. The molecule has 3 amide bonds. The van der Waals surface area contributed by atoms with Gasteiger partial charge in [0.05, 0.1) is 6.04 Å². The van der Waals surface area contributed by atoms with E-state index in [-0.39, 0.29) is 12.3 Å². The summed E-state index contributed by atoms with van der Waals surface area (Å²) in [6, 6.07) is -3.69. The van der Waals surface area contributed by atoms with Crippen LogP contribution in [-0.2, 0) is 19.2 Å². The minimum Gasteiger partial charge on any atom is -0.480 e. The molecule has 0 aliphatic rings. The first-order valence-electron chi connectivity index (χ1n) is 11.4. The summed E-state index contributed by atoms with van der Waals surface area (Å²) in [6.07, 6.45) is 3.65. The van der Waals surface area contributed by atoms with Crippen LogP contribution in [0.4, 0.5) is 0 Å². The molecule has 5 unspecified atom stereocenters. The fraction of sp³-hybridized carbons (Fsp3) is 0.810. The van der Waals surface area contributed by atoms with E-state index in [0.717, 1.165) is 0 Å². The Balaban J connectivity index is 5.39. The van der Waals surface area contributed by atoms with Crippen LogP contribution in [0.3, 0.4) is 0 Å². The van der Waals surface area contributed by atoms with E-state index in [4.69, 9.17) is 17.2 Å². The molecule has 0 aromatic heterocycles. The molecule has 0 rings (SSSR count). The second kappa shape index (κ2) is 16.4. The fourth-order valence-electron chi connectivity index (χ4n) is 3.03. The summed E-state index contributed by atoms with van der Waals surface area (Å²) >= 11 is 0. The van der Waals surface area contributed by atoms with Gasteiger partial charge >= 0.3 is 5.97 Å². The average molecular weight is 459 g/mol. The Morgan fingerprint density at radius 3 is 1.72 bits per heavy atom. The first-order valence-corrected chi connectivity index (χ1v) is 11.4. The van der Waals surface area contributed by atoms with Crippen molar-refractivity contribution in [2.24, 2.45) is 23.1 Å². The van der Waals surface area contributed by atoms with Crippen LogP contribution in [0.1, 0.15) is 65.7 Å². The van der Waals surface area contributed by atoms with E-state index in [1.54, 1.807) is 6.92 Å². The van der Waals surface area contributed by atoms with E-state index in [1.807, 2.05) is 6.92 Å².